The van der Waals surface area contributed by atoms with Gasteiger partial charge in [0.25, 0.3) is 0 Å². The fraction of sp³-hybridized carbons (Fsp3) is 0.400. The van der Waals surface area contributed by atoms with Crippen molar-refractivity contribution >= 4 is 11.8 Å². The van der Waals surface area contributed by atoms with E-state index in [-0.39, 0.29) is 5.56 Å². The molecule has 6 heteroatoms. The van der Waals surface area contributed by atoms with E-state index in [1.165, 1.54) is 11.8 Å². The maximum atomic E-state index is 11.0. The summed E-state index contributed by atoms with van der Waals surface area (Å²) in [6.45, 7) is 2.96. The molecule has 0 radical (unpaired) electrons. The number of aromatic nitrogens is 1. The van der Waals surface area contributed by atoms with E-state index >= 15 is 0 Å². The van der Waals surface area contributed by atoms with Gasteiger partial charge in [0.2, 0.25) is 0 Å². The molecule has 2 aromatic rings. The van der Waals surface area contributed by atoms with Crippen molar-refractivity contribution in [1.29, 1.82) is 0 Å². The van der Waals surface area contributed by atoms with Crippen LogP contribution in [0.3, 0.4) is 0 Å². The Hall–Kier alpha value is -2.60. The summed E-state index contributed by atoms with van der Waals surface area (Å²) in [5.74, 6) is 1.92. The van der Waals surface area contributed by atoms with Crippen molar-refractivity contribution in [2.45, 2.75) is 6.04 Å². The van der Waals surface area contributed by atoms with E-state index in [4.69, 9.17) is 9.84 Å². The lowest BCUT2D eigenvalue weighted by molar-refractivity contribution is 0.0696. The summed E-state index contributed by atoms with van der Waals surface area (Å²) >= 11 is 0. The molecule has 26 heavy (non-hydrogen) atoms. The third kappa shape index (κ3) is 2.90. The topological polar surface area (TPSA) is 65.9 Å². The van der Waals surface area contributed by atoms with Gasteiger partial charge >= 0.3 is 5.97 Å². The Morgan fingerprint density at radius 2 is 1.92 bits per heavy atom. The number of pyridine rings is 1. The van der Waals surface area contributed by atoms with Crippen LogP contribution in [-0.4, -0.2) is 54.8 Å². The van der Waals surface area contributed by atoms with Crippen molar-refractivity contribution < 1.29 is 14.6 Å². The molecular formula is C20H23N3O3. The van der Waals surface area contributed by atoms with Gasteiger partial charge in [-0.25, -0.2) is 9.78 Å². The molecule has 3 heterocycles. The number of benzene rings is 1. The standard InChI is InChI=1S/C20H23N3O3/c1-22-10-15-11-23(18-8-5-14(9-21-18)20(24)25)12-17(15)19(22)13-3-6-16(26-2)7-4-13/h3-9,15,17,19H,10-12H2,1-2H3,(H,24,25)/t15-,17+,19+/m0/s1. The second-order valence-electron chi connectivity index (χ2n) is 7.20. The summed E-state index contributed by atoms with van der Waals surface area (Å²) in [5, 5.41) is 9.03. The molecule has 136 valence electrons. The van der Waals surface area contributed by atoms with Crippen molar-refractivity contribution in [2.75, 3.05) is 38.7 Å². The zero-order valence-electron chi connectivity index (χ0n) is 15.0. The normalized spacial score (nSPS) is 25.3. The molecular weight excluding hydrogens is 330 g/mol. The van der Waals surface area contributed by atoms with Gasteiger partial charge in [0.05, 0.1) is 12.7 Å². The second kappa shape index (κ2) is 6.61. The largest absolute Gasteiger partial charge is 0.497 e. The summed E-state index contributed by atoms with van der Waals surface area (Å²) in [4.78, 5) is 20.1. The summed E-state index contributed by atoms with van der Waals surface area (Å²) in [6.07, 6.45) is 1.44. The van der Waals surface area contributed by atoms with Crippen LogP contribution in [0.15, 0.2) is 42.6 Å². The van der Waals surface area contributed by atoms with Crippen molar-refractivity contribution in [3.8, 4) is 5.75 Å². The van der Waals surface area contributed by atoms with Crippen LogP contribution >= 0.6 is 0 Å². The predicted molar refractivity (Wildman–Crippen MR) is 98.8 cm³/mol. The fourth-order valence-electron chi connectivity index (χ4n) is 4.45. The first-order valence-corrected chi connectivity index (χ1v) is 8.85. The molecule has 2 aliphatic heterocycles. The average Bonchev–Trinajstić information content (AvgIpc) is 3.18. The number of aromatic carboxylic acids is 1. The number of carboxylic acids is 1. The summed E-state index contributed by atoms with van der Waals surface area (Å²) in [7, 11) is 3.88. The number of hydrogen-bond acceptors (Lipinski definition) is 5. The van der Waals surface area contributed by atoms with E-state index in [0.717, 1.165) is 31.2 Å². The molecule has 3 atom stereocenters. The van der Waals surface area contributed by atoms with Gasteiger partial charge in [-0.15, -0.1) is 0 Å². The molecule has 0 spiro atoms. The number of carboxylic acid groups (broad SMARTS) is 1. The molecule has 1 aromatic carbocycles. The Kier molecular flexibility index (Phi) is 4.28. The highest BCUT2D eigenvalue weighted by Gasteiger charge is 2.46. The second-order valence-corrected chi connectivity index (χ2v) is 7.20. The Morgan fingerprint density at radius 1 is 1.15 bits per heavy atom. The van der Waals surface area contributed by atoms with Crippen LogP contribution in [0.25, 0.3) is 0 Å². The molecule has 1 aromatic heterocycles. The Labute approximate surface area is 153 Å². The van der Waals surface area contributed by atoms with Gasteiger partial charge in [-0.3, -0.25) is 4.90 Å². The first-order chi connectivity index (χ1) is 12.6. The number of fused-ring (bicyclic) bond motifs is 1. The molecule has 2 fully saturated rings. The number of anilines is 1. The lowest BCUT2D eigenvalue weighted by Crippen LogP contribution is -2.29. The maximum absolute atomic E-state index is 11.0. The highest BCUT2D eigenvalue weighted by Crippen LogP contribution is 2.45. The molecule has 2 aliphatic rings. The van der Waals surface area contributed by atoms with Gasteiger partial charge in [0.15, 0.2) is 0 Å². The van der Waals surface area contributed by atoms with Crippen molar-refractivity contribution in [1.82, 2.24) is 9.88 Å². The molecule has 0 bridgehead atoms. The van der Waals surface area contributed by atoms with Crippen LogP contribution in [0, 0.1) is 11.8 Å². The lowest BCUT2D eigenvalue weighted by Gasteiger charge is -2.27. The SMILES string of the molecule is COc1ccc([C@@H]2[C@@H]3CN(c4ccc(C(=O)O)cn4)C[C@@H]3CN2C)cc1. The van der Waals surface area contributed by atoms with Crippen molar-refractivity contribution in [3.63, 3.8) is 0 Å². The Bertz CT molecular complexity index is 791. The molecule has 0 saturated carbocycles. The number of rotatable bonds is 4. The number of methoxy groups -OCH3 is 1. The van der Waals surface area contributed by atoms with Crippen LogP contribution in [0.5, 0.6) is 5.75 Å². The zero-order chi connectivity index (χ0) is 18.3. The monoisotopic (exact) mass is 353 g/mol. The van der Waals surface area contributed by atoms with Gasteiger partial charge in [-0.2, -0.15) is 0 Å². The third-order valence-electron chi connectivity index (χ3n) is 5.67. The number of ether oxygens (including phenoxy) is 1. The minimum atomic E-state index is -0.941. The first kappa shape index (κ1) is 16.8. The zero-order valence-corrected chi connectivity index (χ0v) is 15.0. The quantitative estimate of drug-likeness (QED) is 0.911. The molecule has 2 saturated heterocycles. The smallest absolute Gasteiger partial charge is 0.337 e. The van der Waals surface area contributed by atoms with Crippen LogP contribution in [0.1, 0.15) is 22.0 Å². The van der Waals surface area contributed by atoms with E-state index in [2.05, 4.69) is 34.0 Å². The molecule has 1 N–H and O–H groups in total. The van der Waals surface area contributed by atoms with E-state index in [1.54, 1.807) is 13.2 Å². The fourth-order valence-corrected chi connectivity index (χ4v) is 4.45. The maximum Gasteiger partial charge on any atom is 0.337 e. The molecule has 0 aliphatic carbocycles. The third-order valence-corrected chi connectivity index (χ3v) is 5.67. The predicted octanol–water partition coefficient (Wildman–Crippen LogP) is 2.53. The van der Waals surface area contributed by atoms with Crippen LogP contribution in [-0.2, 0) is 0 Å². The first-order valence-electron chi connectivity index (χ1n) is 8.85. The van der Waals surface area contributed by atoms with Crippen LogP contribution in [0.2, 0.25) is 0 Å². The van der Waals surface area contributed by atoms with Gasteiger partial charge in [0.1, 0.15) is 11.6 Å². The lowest BCUT2D eigenvalue weighted by atomic mass is 9.89. The van der Waals surface area contributed by atoms with Crippen LogP contribution < -0.4 is 9.64 Å². The summed E-state index contributed by atoms with van der Waals surface area (Å²) in [6, 6.07) is 12.2. The van der Waals surface area contributed by atoms with E-state index in [0.29, 0.717) is 17.9 Å². The van der Waals surface area contributed by atoms with Gasteiger partial charge in [-0.05, 0) is 42.8 Å². The highest BCUT2D eigenvalue weighted by molar-refractivity contribution is 5.87. The Morgan fingerprint density at radius 3 is 2.54 bits per heavy atom. The van der Waals surface area contributed by atoms with Crippen LogP contribution in [0.4, 0.5) is 5.82 Å². The number of nitrogens with zero attached hydrogens (tertiary/aromatic N) is 3. The van der Waals surface area contributed by atoms with Gasteiger partial charge in [-0.1, -0.05) is 12.1 Å². The van der Waals surface area contributed by atoms with E-state index in [9.17, 15) is 4.79 Å². The average molecular weight is 353 g/mol. The van der Waals surface area contributed by atoms with Gasteiger partial charge in [0, 0.05) is 37.8 Å². The molecule has 0 amide bonds. The number of carbonyl (C=O) groups is 1. The van der Waals surface area contributed by atoms with Crippen molar-refractivity contribution in [3.05, 3.63) is 53.7 Å². The van der Waals surface area contributed by atoms with Gasteiger partial charge < -0.3 is 14.7 Å². The molecule has 6 nitrogen and oxygen atoms in total. The number of likely N-dealkylation sites (tertiary alicyclic amines) is 1. The number of hydrogen-bond donors (Lipinski definition) is 1. The summed E-state index contributed by atoms with van der Waals surface area (Å²) in [5.41, 5.74) is 1.54. The Balaban J connectivity index is 1.53. The van der Waals surface area contributed by atoms with E-state index < -0.39 is 5.97 Å². The minimum absolute atomic E-state index is 0.226. The minimum Gasteiger partial charge on any atom is -0.497 e. The highest BCUT2D eigenvalue weighted by atomic mass is 16.5. The van der Waals surface area contributed by atoms with Crippen molar-refractivity contribution in [2.24, 2.45) is 11.8 Å². The molecule has 4 rings (SSSR count). The summed E-state index contributed by atoms with van der Waals surface area (Å²) < 4.78 is 5.27. The van der Waals surface area contributed by atoms with E-state index in [1.807, 2.05) is 18.2 Å². The molecule has 0 unspecified atom stereocenters.